The second kappa shape index (κ2) is 10.6. The first-order chi connectivity index (χ1) is 14.0. The lowest BCUT2D eigenvalue weighted by Gasteiger charge is -2.16. The summed E-state index contributed by atoms with van der Waals surface area (Å²) in [6, 6.07) is 8.91. The largest absolute Gasteiger partial charge is 0.490 e. The van der Waals surface area contributed by atoms with Crippen molar-refractivity contribution in [3.8, 4) is 17.2 Å². The average molecular weight is 401 g/mol. The van der Waals surface area contributed by atoms with Gasteiger partial charge in [-0.1, -0.05) is 0 Å². The number of hydrogen-bond donors (Lipinski definition) is 1. The minimum Gasteiger partial charge on any atom is -0.490 e. The summed E-state index contributed by atoms with van der Waals surface area (Å²) in [4.78, 5) is 22.7. The molecule has 0 spiro atoms. The highest BCUT2D eigenvalue weighted by Gasteiger charge is 2.18. The number of nitrogens with zero attached hydrogens (tertiary/aromatic N) is 2. The van der Waals surface area contributed by atoms with Crippen LogP contribution in [0.4, 0.5) is 5.69 Å². The Labute approximate surface area is 168 Å². The molecule has 0 aromatic heterocycles. The number of amides is 1. The molecule has 2 rings (SSSR count). The van der Waals surface area contributed by atoms with Crippen LogP contribution in [0.15, 0.2) is 41.5 Å². The fourth-order valence-electron chi connectivity index (χ4n) is 2.43. The van der Waals surface area contributed by atoms with Gasteiger partial charge in [-0.3, -0.25) is 14.9 Å². The normalized spacial score (nSPS) is 10.6. The summed E-state index contributed by atoms with van der Waals surface area (Å²) in [5, 5.41) is 14.6. The molecule has 0 bridgehead atoms. The Morgan fingerprint density at radius 1 is 1.03 bits per heavy atom. The van der Waals surface area contributed by atoms with E-state index in [1.54, 1.807) is 12.1 Å². The van der Waals surface area contributed by atoms with Gasteiger partial charge in [-0.2, -0.15) is 5.10 Å². The van der Waals surface area contributed by atoms with E-state index >= 15 is 0 Å². The lowest BCUT2D eigenvalue weighted by molar-refractivity contribution is -0.384. The lowest BCUT2D eigenvalue weighted by atomic mass is 10.1. The molecular weight excluding hydrogens is 378 g/mol. The molecule has 9 heteroatoms. The molecule has 0 radical (unpaired) electrons. The zero-order valence-corrected chi connectivity index (χ0v) is 16.5. The molecule has 2 aromatic carbocycles. The van der Waals surface area contributed by atoms with E-state index < -0.39 is 10.8 Å². The van der Waals surface area contributed by atoms with Gasteiger partial charge in [0.1, 0.15) is 0 Å². The number of non-ortho nitro benzene ring substituents is 1. The van der Waals surface area contributed by atoms with Gasteiger partial charge in [-0.15, -0.1) is 0 Å². The topological polar surface area (TPSA) is 112 Å². The molecule has 0 fully saturated rings. The highest BCUT2D eigenvalue weighted by Crippen LogP contribution is 2.39. The summed E-state index contributed by atoms with van der Waals surface area (Å²) in [5.41, 5.74) is 3.30. The average Bonchev–Trinajstić information content (AvgIpc) is 2.70. The van der Waals surface area contributed by atoms with Crippen LogP contribution in [-0.4, -0.2) is 36.9 Å². The van der Waals surface area contributed by atoms with Crippen molar-refractivity contribution < 1.29 is 23.9 Å². The SMILES string of the molecule is CCOc1cc(C(=O)N/N=C/c2ccc([N+](=O)[O-])cc2)cc(OCC)c1OCC. The summed E-state index contributed by atoms with van der Waals surface area (Å²) in [7, 11) is 0. The molecule has 0 unspecified atom stereocenters. The van der Waals surface area contributed by atoms with E-state index in [2.05, 4.69) is 10.5 Å². The highest BCUT2D eigenvalue weighted by atomic mass is 16.6. The van der Waals surface area contributed by atoms with Gasteiger partial charge in [0.05, 0.1) is 31.0 Å². The Hall–Kier alpha value is -3.62. The number of hydrazone groups is 1. The monoisotopic (exact) mass is 401 g/mol. The van der Waals surface area contributed by atoms with Crippen LogP contribution in [-0.2, 0) is 0 Å². The van der Waals surface area contributed by atoms with Gasteiger partial charge in [0, 0.05) is 17.7 Å². The summed E-state index contributed by atoms with van der Waals surface area (Å²) in [5.74, 6) is 0.796. The number of carbonyl (C=O) groups excluding carboxylic acids is 1. The Bertz CT molecular complexity index is 853. The van der Waals surface area contributed by atoms with E-state index in [1.165, 1.54) is 30.5 Å². The van der Waals surface area contributed by atoms with Crippen molar-refractivity contribution in [3.63, 3.8) is 0 Å². The molecular formula is C20H23N3O6. The Kier molecular flexibility index (Phi) is 7.96. The smallest absolute Gasteiger partial charge is 0.271 e. The second-order valence-corrected chi connectivity index (χ2v) is 5.65. The van der Waals surface area contributed by atoms with E-state index in [-0.39, 0.29) is 5.69 Å². The quantitative estimate of drug-likeness (QED) is 0.370. The fraction of sp³-hybridized carbons (Fsp3) is 0.300. The van der Waals surface area contributed by atoms with E-state index in [0.717, 1.165) is 0 Å². The maximum atomic E-state index is 12.5. The molecule has 0 aliphatic rings. The molecule has 9 nitrogen and oxygen atoms in total. The van der Waals surface area contributed by atoms with Crippen LogP contribution in [0.25, 0.3) is 0 Å². The van der Waals surface area contributed by atoms with E-state index in [0.29, 0.717) is 48.2 Å². The first kappa shape index (κ1) is 21.7. The van der Waals surface area contributed by atoms with Crippen molar-refractivity contribution in [2.24, 2.45) is 5.10 Å². The van der Waals surface area contributed by atoms with Gasteiger partial charge in [0.25, 0.3) is 11.6 Å². The van der Waals surface area contributed by atoms with Gasteiger partial charge in [-0.05, 0) is 50.6 Å². The van der Waals surface area contributed by atoms with E-state index in [9.17, 15) is 14.9 Å². The van der Waals surface area contributed by atoms with Crippen molar-refractivity contribution in [2.45, 2.75) is 20.8 Å². The number of rotatable bonds is 10. The predicted molar refractivity (Wildman–Crippen MR) is 108 cm³/mol. The van der Waals surface area contributed by atoms with Gasteiger partial charge in [0.2, 0.25) is 5.75 Å². The van der Waals surface area contributed by atoms with Gasteiger partial charge in [0.15, 0.2) is 11.5 Å². The second-order valence-electron chi connectivity index (χ2n) is 5.65. The highest BCUT2D eigenvalue weighted by molar-refractivity contribution is 5.96. The minimum atomic E-state index is -0.486. The third kappa shape index (κ3) is 5.93. The molecule has 154 valence electrons. The number of hydrogen-bond acceptors (Lipinski definition) is 7. The Morgan fingerprint density at radius 2 is 1.59 bits per heavy atom. The molecule has 2 aromatic rings. The van der Waals surface area contributed by atoms with E-state index in [1.807, 2.05) is 20.8 Å². The van der Waals surface area contributed by atoms with Crippen molar-refractivity contribution in [1.29, 1.82) is 0 Å². The number of nitro groups is 1. The molecule has 0 atom stereocenters. The molecule has 29 heavy (non-hydrogen) atoms. The third-order valence-electron chi connectivity index (χ3n) is 3.65. The lowest BCUT2D eigenvalue weighted by Crippen LogP contribution is -2.18. The third-order valence-corrected chi connectivity index (χ3v) is 3.65. The first-order valence-electron chi connectivity index (χ1n) is 9.14. The Morgan fingerprint density at radius 3 is 2.07 bits per heavy atom. The molecule has 0 saturated carbocycles. The van der Waals surface area contributed by atoms with Crippen LogP contribution in [0, 0.1) is 10.1 Å². The number of nitro benzene ring substituents is 1. The van der Waals surface area contributed by atoms with Crippen LogP contribution >= 0.6 is 0 Å². The molecule has 0 saturated heterocycles. The molecule has 1 amide bonds. The summed E-state index contributed by atoms with van der Waals surface area (Å²) in [6.07, 6.45) is 1.39. The number of nitrogens with one attached hydrogen (secondary N) is 1. The van der Waals surface area contributed by atoms with Crippen LogP contribution in [0.5, 0.6) is 17.2 Å². The minimum absolute atomic E-state index is 0.0209. The molecule has 0 aliphatic heterocycles. The van der Waals surface area contributed by atoms with Crippen molar-refractivity contribution in [1.82, 2.24) is 5.43 Å². The van der Waals surface area contributed by atoms with Crippen molar-refractivity contribution >= 4 is 17.8 Å². The van der Waals surface area contributed by atoms with Gasteiger partial charge in [-0.25, -0.2) is 5.43 Å². The standard InChI is InChI=1S/C20H23N3O6/c1-4-27-17-11-15(12-18(28-5-2)19(17)29-6-3)20(24)22-21-13-14-7-9-16(10-8-14)23(25)26/h7-13H,4-6H2,1-3H3,(H,22,24)/b21-13+. The zero-order chi connectivity index (χ0) is 21.2. The van der Waals surface area contributed by atoms with Gasteiger partial charge < -0.3 is 14.2 Å². The first-order valence-corrected chi connectivity index (χ1v) is 9.14. The van der Waals surface area contributed by atoms with Crippen LogP contribution in [0.1, 0.15) is 36.7 Å². The number of carbonyl (C=O) groups is 1. The molecule has 0 aliphatic carbocycles. The summed E-state index contributed by atoms with van der Waals surface area (Å²) < 4.78 is 16.8. The summed E-state index contributed by atoms with van der Waals surface area (Å²) >= 11 is 0. The van der Waals surface area contributed by atoms with Gasteiger partial charge >= 0.3 is 0 Å². The maximum absolute atomic E-state index is 12.5. The van der Waals surface area contributed by atoms with E-state index in [4.69, 9.17) is 14.2 Å². The Balaban J connectivity index is 2.19. The molecule has 1 N–H and O–H groups in total. The fourth-order valence-corrected chi connectivity index (χ4v) is 2.43. The van der Waals surface area contributed by atoms with Crippen molar-refractivity contribution in [3.05, 3.63) is 57.6 Å². The number of ether oxygens (including phenoxy) is 3. The maximum Gasteiger partial charge on any atom is 0.271 e. The zero-order valence-electron chi connectivity index (χ0n) is 16.5. The predicted octanol–water partition coefficient (Wildman–Crippen LogP) is 3.55. The number of benzene rings is 2. The van der Waals surface area contributed by atoms with Crippen LogP contribution in [0.3, 0.4) is 0 Å². The molecule has 0 heterocycles. The summed E-state index contributed by atoms with van der Waals surface area (Å²) in [6.45, 7) is 6.73. The van der Waals surface area contributed by atoms with Crippen LogP contribution < -0.4 is 19.6 Å². The van der Waals surface area contributed by atoms with Crippen molar-refractivity contribution in [2.75, 3.05) is 19.8 Å². The van der Waals surface area contributed by atoms with Crippen LogP contribution in [0.2, 0.25) is 0 Å².